The van der Waals surface area contributed by atoms with Crippen molar-refractivity contribution < 1.29 is 0 Å². The lowest BCUT2D eigenvalue weighted by atomic mass is 9.88. The maximum Gasteiger partial charge on any atom is 0.0109 e. The Labute approximate surface area is 127 Å². The molecule has 0 radical (unpaired) electrons. The largest absolute Gasteiger partial charge is 0.330 e. The molecule has 3 nitrogen and oxygen atoms in total. The van der Waals surface area contributed by atoms with Crippen LogP contribution >= 0.6 is 0 Å². The molecule has 0 heterocycles. The van der Waals surface area contributed by atoms with E-state index in [1.807, 2.05) is 0 Å². The van der Waals surface area contributed by atoms with Crippen LogP contribution in [0.3, 0.4) is 0 Å². The van der Waals surface area contributed by atoms with E-state index in [4.69, 9.17) is 5.73 Å². The minimum absolute atomic E-state index is 0.752. The van der Waals surface area contributed by atoms with Crippen LogP contribution in [0.15, 0.2) is 0 Å². The average Bonchev–Trinajstić information content (AvgIpc) is 2.33. The summed E-state index contributed by atoms with van der Waals surface area (Å²) in [6.45, 7) is 14.9. The summed E-state index contributed by atoms with van der Waals surface area (Å²) in [6.07, 6.45) is 3.81. The Balaban J connectivity index is 4.09. The van der Waals surface area contributed by atoms with E-state index in [9.17, 15) is 0 Å². The monoisotopic (exact) mass is 285 g/mol. The molecule has 3 heteroatoms. The number of hydrogen-bond donors (Lipinski definition) is 1. The molecule has 0 bridgehead atoms. The van der Waals surface area contributed by atoms with Crippen molar-refractivity contribution in [1.82, 2.24) is 9.80 Å². The van der Waals surface area contributed by atoms with Crippen LogP contribution in [0.2, 0.25) is 0 Å². The van der Waals surface area contributed by atoms with E-state index in [0.717, 1.165) is 30.8 Å². The minimum Gasteiger partial charge on any atom is -0.330 e. The van der Waals surface area contributed by atoms with Crippen LogP contribution in [-0.4, -0.2) is 56.6 Å². The van der Waals surface area contributed by atoms with Gasteiger partial charge in [0.15, 0.2) is 0 Å². The van der Waals surface area contributed by atoms with Crippen LogP contribution in [0.4, 0.5) is 0 Å². The fourth-order valence-corrected chi connectivity index (χ4v) is 2.75. The van der Waals surface area contributed by atoms with Crippen LogP contribution in [0, 0.1) is 17.8 Å². The molecule has 20 heavy (non-hydrogen) atoms. The van der Waals surface area contributed by atoms with Crippen molar-refractivity contribution in [2.24, 2.45) is 23.5 Å². The molecule has 2 N–H and O–H groups in total. The van der Waals surface area contributed by atoms with E-state index < -0.39 is 0 Å². The van der Waals surface area contributed by atoms with Gasteiger partial charge in [-0.2, -0.15) is 0 Å². The van der Waals surface area contributed by atoms with Gasteiger partial charge in [0.25, 0.3) is 0 Å². The topological polar surface area (TPSA) is 32.5 Å². The molecule has 0 aromatic rings. The van der Waals surface area contributed by atoms with Gasteiger partial charge in [-0.25, -0.2) is 0 Å². The SMILES string of the molecule is CC(C)CN(CCCC(CCN)C(C)C)CCN(C)C. The quantitative estimate of drug-likeness (QED) is 0.598. The van der Waals surface area contributed by atoms with Gasteiger partial charge in [0, 0.05) is 19.6 Å². The Hall–Kier alpha value is -0.120. The third kappa shape index (κ3) is 10.6. The summed E-state index contributed by atoms with van der Waals surface area (Å²) in [4.78, 5) is 4.91. The molecule has 0 fully saturated rings. The molecule has 0 aliphatic rings. The van der Waals surface area contributed by atoms with Gasteiger partial charge in [0.1, 0.15) is 0 Å². The second kappa shape index (κ2) is 11.5. The van der Waals surface area contributed by atoms with Crippen LogP contribution in [0.1, 0.15) is 47.0 Å². The van der Waals surface area contributed by atoms with E-state index in [-0.39, 0.29) is 0 Å². The predicted octanol–water partition coefficient (Wildman–Crippen LogP) is 2.91. The summed E-state index contributed by atoms with van der Waals surface area (Å²) in [5, 5.41) is 0. The fraction of sp³-hybridized carbons (Fsp3) is 1.00. The molecule has 0 aliphatic heterocycles. The second-order valence-corrected chi connectivity index (χ2v) is 7.22. The van der Waals surface area contributed by atoms with Crippen molar-refractivity contribution in [3.05, 3.63) is 0 Å². The van der Waals surface area contributed by atoms with Crippen LogP contribution < -0.4 is 5.73 Å². The first-order valence-corrected chi connectivity index (χ1v) is 8.44. The van der Waals surface area contributed by atoms with Gasteiger partial charge in [0.2, 0.25) is 0 Å². The minimum atomic E-state index is 0.752. The van der Waals surface area contributed by atoms with Crippen LogP contribution in [0.25, 0.3) is 0 Å². The summed E-state index contributed by atoms with van der Waals surface area (Å²) >= 11 is 0. The Morgan fingerprint density at radius 3 is 2.00 bits per heavy atom. The van der Waals surface area contributed by atoms with E-state index in [1.54, 1.807) is 0 Å². The van der Waals surface area contributed by atoms with Crippen molar-refractivity contribution in [2.75, 3.05) is 46.8 Å². The lowest BCUT2D eigenvalue weighted by Gasteiger charge is -2.27. The van der Waals surface area contributed by atoms with E-state index in [2.05, 4.69) is 51.6 Å². The Morgan fingerprint density at radius 1 is 0.900 bits per heavy atom. The normalized spacial score (nSPS) is 13.9. The molecule has 1 atom stereocenters. The summed E-state index contributed by atoms with van der Waals surface area (Å²) in [5.74, 6) is 2.32. The molecule has 0 rings (SSSR count). The van der Waals surface area contributed by atoms with Gasteiger partial charge in [0.05, 0.1) is 0 Å². The Morgan fingerprint density at radius 2 is 1.55 bits per heavy atom. The molecule has 122 valence electrons. The van der Waals surface area contributed by atoms with E-state index >= 15 is 0 Å². The smallest absolute Gasteiger partial charge is 0.0109 e. The first-order valence-electron chi connectivity index (χ1n) is 8.44. The Kier molecular flexibility index (Phi) is 11.5. The maximum absolute atomic E-state index is 5.73. The summed E-state index contributed by atoms with van der Waals surface area (Å²) in [7, 11) is 4.31. The zero-order valence-electron chi connectivity index (χ0n) is 14.9. The molecule has 0 amide bonds. The van der Waals surface area contributed by atoms with Gasteiger partial charge in [-0.3, -0.25) is 0 Å². The lowest BCUT2D eigenvalue weighted by Crippen LogP contribution is -2.35. The molecule has 0 spiro atoms. The van der Waals surface area contributed by atoms with E-state index in [0.29, 0.717) is 0 Å². The number of nitrogens with zero attached hydrogens (tertiary/aromatic N) is 2. The van der Waals surface area contributed by atoms with Gasteiger partial charge < -0.3 is 15.5 Å². The summed E-state index contributed by atoms with van der Waals surface area (Å²) in [5.41, 5.74) is 5.73. The molecule has 0 aromatic carbocycles. The van der Waals surface area contributed by atoms with Crippen molar-refractivity contribution in [1.29, 1.82) is 0 Å². The third-order valence-electron chi connectivity index (χ3n) is 4.02. The molecule has 0 aliphatic carbocycles. The Bertz CT molecular complexity index is 214. The molecular formula is C17H39N3. The zero-order chi connectivity index (χ0) is 15.5. The zero-order valence-corrected chi connectivity index (χ0v) is 14.9. The molecule has 0 aromatic heterocycles. The second-order valence-electron chi connectivity index (χ2n) is 7.22. The number of hydrogen-bond acceptors (Lipinski definition) is 3. The highest BCUT2D eigenvalue weighted by Crippen LogP contribution is 2.20. The number of rotatable bonds is 12. The highest BCUT2D eigenvalue weighted by Gasteiger charge is 2.14. The first kappa shape index (κ1) is 19.9. The van der Waals surface area contributed by atoms with E-state index in [1.165, 1.54) is 38.9 Å². The van der Waals surface area contributed by atoms with Crippen molar-refractivity contribution in [3.63, 3.8) is 0 Å². The number of likely N-dealkylation sites (N-methyl/N-ethyl adjacent to an activating group) is 1. The number of nitrogens with two attached hydrogens (primary N) is 1. The maximum atomic E-state index is 5.73. The fourth-order valence-electron chi connectivity index (χ4n) is 2.75. The standard InChI is InChI=1S/C17H39N3/c1-15(2)14-20(13-12-19(5)6)11-7-8-17(9-10-18)16(3)4/h15-17H,7-14,18H2,1-6H3. The predicted molar refractivity (Wildman–Crippen MR) is 91.1 cm³/mol. The van der Waals surface area contributed by atoms with Gasteiger partial charge in [-0.1, -0.05) is 27.7 Å². The van der Waals surface area contributed by atoms with Gasteiger partial charge in [-0.05, 0) is 64.2 Å². The average molecular weight is 286 g/mol. The van der Waals surface area contributed by atoms with Gasteiger partial charge >= 0.3 is 0 Å². The highest BCUT2D eigenvalue weighted by molar-refractivity contribution is 4.67. The summed E-state index contributed by atoms with van der Waals surface area (Å²) in [6, 6.07) is 0. The molecular weight excluding hydrogens is 246 g/mol. The summed E-state index contributed by atoms with van der Waals surface area (Å²) < 4.78 is 0. The van der Waals surface area contributed by atoms with Crippen LogP contribution in [0.5, 0.6) is 0 Å². The molecule has 0 saturated heterocycles. The van der Waals surface area contributed by atoms with Crippen molar-refractivity contribution >= 4 is 0 Å². The van der Waals surface area contributed by atoms with Gasteiger partial charge in [-0.15, -0.1) is 0 Å². The van der Waals surface area contributed by atoms with Crippen molar-refractivity contribution in [2.45, 2.75) is 47.0 Å². The molecule has 0 saturated carbocycles. The third-order valence-corrected chi connectivity index (χ3v) is 4.02. The van der Waals surface area contributed by atoms with Crippen LogP contribution in [-0.2, 0) is 0 Å². The highest BCUT2D eigenvalue weighted by atomic mass is 15.2. The molecule has 1 unspecified atom stereocenters. The first-order chi connectivity index (χ1) is 9.36. The lowest BCUT2D eigenvalue weighted by molar-refractivity contribution is 0.206. The van der Waals surface area contributed by atoms with Crippen molar-refractivity contribution in [3.8, 4) is 0 Å².